The second kappa shape index (κ2) is 4.02. The molecule has 0 spiro atoms. The molecular formula is C11H17ClN2S. The Bertz CT molecular complexity index is 363. The predicted octanol–water partition coefficient (Wildman–Crippen LogP) is 3.25. The van der Waals surface area contributed by atoms with Crippen molar-refractivity contribution in [3.8, 4) is 0 Å². The lowest BCUT2D eigenvalue weighted by molar-refractivity contribution is 0.131. The fraction of sp³-hybridized carbons (Fsp3) is 0.727. The summed E-state index contributed by atoms with van der Waals surface area (Å²) in [6, 6.07) is 0. The van der Waals surface area contributed by atoms with Crippen molar-refractivity contribution >= 4 is 24.2 Å². The molecule has 1 heterocycles. The Balaban J connectivity index is 2.20. The van der Waals surface area contributed by atoms with Gasteiger partial charge in [-0.05, 0) is 37.9 Å². The SMILES string of the molecule is Cc1nn(CC2(CS)CCC2)c(C)c1Cl. The van der Waals surface area contributed by atoms with Crippen LogP contribution in [0.1, 0.15) is 30.7 Å². The first-order chi connectivity index (χ1) is 7.08. The third-order valence-corrected chi connectivity index (χ3v) is 4.75. The van der Waals surface area contributed by atoms with Gasteiger partial charge in [-0.1, -0.05) is 18.0 Å². The Labute approximate surface area is 101 Å². The summed E-state index contributed by atoms with van der Waals surface area (Å²) in [5.41, 5.74) is 2.39. The predicted molar refractivity (Wildman–Crippen MR) is 66.8 cm³/mol. The summed E-state index contributed by atoms with van der Waals surface area (Å²) in [6.45, 7) is 4.96. The van der Waals surface area contributed by atoms with Crippen molar-refractivity contribution in [2.24, 2.45) is 5.41 Å². The number of hydrogen-bond acceptors (Lipinski definition) is 2. The fourth-order valence-corrected chi connectivity index (χ4v) is 2.74. The first-order valence-corrected chi connectivity index (χ1v) is 6.39. The maximum atomic E-state index is 6.13. The summed E-state index contributed by atoms with van der Waals surface area (Å²) in [5.74, 6) is 0.947. The number of thiol groups is 1. The van der Waals surface area contributed by atoms with Crippen molar-refractivity contribution in [1.82, 2.24) is 9.78 Å². The molecule has 0 aliphatic heterocycles. The minimum atomic E-state index is 0.371. The molecule has 0 amide bonds. The molecule has 0 radical (unpaired) electrons. The summed E-state index contributed by atoms with van der Waals surface area (Å²) < 4.78 is 2.05. The van der Waals surface area contributed by atoms with Crippen LogP contribution in [0.3, 0.4) is 0 Å². The van der Waals surface area contributed by atoms with Crippen LogP contribution in [0.25, 0.3) is 0 Å². The van der Waals surface area contributed by atoms with Crippen molar-refractivity contribution in [2.75, 3.05) is 5.75 Å². The molecule has 1 aliphatic carbocycles. The second-order valence-electron chi connectivity index (χ2n) is 4.65. The normalized spacial score (nSPS) is 18.9. The van der Waals surface area contributed by atoms with Crippen LogP contribution in [-0.4, -0.2) is 15.5 Å². The van der Waals surface area contributed by atoms with Crippen molar-refractivity contribution < 1.29 is 0 Å². The average Bonchev–Trinajstić information content (AvgIpc) is 2.40. The van der Waals surface area contributed by atoms with E-state index in [1.165, 1.54) is 19.3 Å². The summed E-state index contributed by atoms with van der Waals surface area (Å²) in [6.07, 6.45) is 3.87. The quantitative estimate of drug-likeness (QED) is 0.809. The fourth-order valence-electron chi connectivity index (χ4n) is 2.19. The molecule has 1 aromatic heterocycles. The summed E-state index contributed by atoms with van der Waals surface area (Å²) in [4.78, 5) is 0. The van der Waals surface area contributed by atoms with Crippen LogP contribution in [0.5, 0.6) is 0 Å². The molecule has 15 heavy (non-hydrogen) atoms. The van der Waals surface area contributed by atoms with Crippen LogP contribution in [-0.2, 0) is 6.54 Å². The van der Waals surface area contributed by atoms with Gasteiger partial charge in [0.05, 0.1) is 16.4 Å². The van der Waals surface area contributed by atoms with Crippen molar-refractivity contribution in [2.45, 2.75) is 39.7 Å². The zero-order valence-corrected chi connectivity index (χ0v) is 10.9. The third-order valence-electron chi connectivity index (χ3n) is 3.53. The van der Waals surface area contributed by atoms with Gasteiger partial charge in [-0.25, -0.2) is 0 Å². The van der Waals surface area contributed by atoms with Crippen LogP contribution < -0.4 is 0 Å². The van der Waals surface area contributed by atoms with Gasteiger partial charge in [-0.2, -0.15) is 17.7 Å². The number of halogens is 1. The molecule has 0 N–H and O–H groups in total. The second-order valence-corrected chi connectivity index (χ2v) is 5.35. The summed E-state index contributed by atoms with van der Waals surface area (Å²) in [7, 11) is 0. The lowest BCUT2D eigenvalue weighted by atomic mass is 9.70. The zero-order valence-electron chi connectivity index (χ0n) is 9.26. The number of rotatable bonds is 3. The van der Waals surface area contributed by atoms with Gasteiger partial charge in [-0.3, -0.25) is 4.68 Å². The van der Waals surface area contributed by atoms with E-state index in [1.54, 1.807) is 0 Å². The minimum absolute atomic E-state index is 0.371. The van der Waals surface area contributed by atoms with E-state index in [9.17, 15) is 0 Å². The summed E-state index contributed by atoms with van der Waals surface area (Å²) in [5, 5.41) is 5.28. The first-order valence-electron chi connectivity index (χ1n) is 5.38. The molecule has 0 saturated heterocycles. The van der Waals surface area contributed by atoms with E-state index in [2.05, 4.69) is 17.7 Å². The Hall–Kier alpha value is -0.150. The molecule has 4 heteroatoms. The largest absolute Gasteiger partial charge is 0.267 e. The highest BCUT2D eigenvalue weighted by atomic mass is 35.5. The van der Waals surface area contributed by atoms with Gasteiger partial charge < -0.3 is 0 Å². The standard InChI is InChI=1S/C11H17ClN2S/c1-8-10(12)9(2)14(13-8)6-11(7-15)4-3-5-11/h15H,3-7H2,1-2H3. The number of hydrogen-bond donors (Lipinski definition) is 1. The molecule has 2 nitrogen and oxygen atoms in total. The molecule has 84 valence electrons. The van der Waals surface area contributed by atoms with Gasteiger partial charge in [0.1, 0.15) is 0 Å². The van der Waals surface area contributed by atoms with E-state index in [4.69, 9.17) is 11.6 Å². The van der Waals surface area contributed by atoms with Crippen LogP contribution in [0, 0.1) is 19.3 Å². The van der Waals surface area contributed by atoms with E-state index < -0.39 is 0 Å². The van der Waals surface area contributed by atoms with Gasteiger partial charge in [0, 0.05) is 6.54 Å². The van der Waals surface area contributed by atoms with E-state index in [0.717, 1.165) is 28.7 Å². The topological polar surface area (TPSA) is 17.8 Å². The smallest absolute Gasteiger partial charge is 0.0844 e. The molecule has 0 atom stereocenters. The van der Waals surface area contributed by atoms with Crippen molar-refractivity contribution in [3.63, 3.8) is 0 Å². The monoisotopic (exact) mass is 244 g/mol. The highest BCUT2D eigenvalue weighted by Crippen LogP contribution is 2.43. The zero-order chi connectivity index (χ0) is 11.1. The molecule has 1 fully saturated rings. The number of aryl methyl sites for hydroxylation is 1. The first kappa shape index (κ1) is 11.3. The molecule has 1 saturated carbocycles. The van der Waals surface area contributed by atoms with Crippen LogP contribution in [0.4, 0.5) is 0 Å². The number of aromatic nitrogens is 2. The van der Waals surface area contributed by atoms with Crippen molar-refractivity contribution in [1.29, 1.82) is 0 Å². The Morgan fingerprint density at radius 3 is 2.47 bits per heavy atom. The van der Waals surface area contributed by atoms with E-state index >= 15 is 0 Å². The lowest BCUT2D eigenvalue weighted by Gasteiger charge is -2.40. The Kier molecular flexibility index (Phi) is 3.04. The van der Waals surface area contributed by atoms with Gasteiger partial charge in [0.2, 0.25) is 0 Å². The molecule has 1 aliphatic rings. The molecule has 1 aromatic rings. The van der Waals surface area contributed by atoms with Crippen LogP contribution in [0.15, 0.2) is 0 Å². The Morgan fingerprint density at radius 1 is 1.47 bits per heavy atom. The molecule has 0 aromatic carbocycles. The van der Waals surface area contributed by atoms with Gasteiger partial charge >= 0.3 is 0 Å². The number of nitrogens with zero attached hydrogens (tertiary/aromatic N) is 2. The van der Waals surface area contributed by atoms with Gasteiger partial charge in [-0.15, -0.1) is 0 Å². The highest BCUT2D eigenvalue weighted by Gasteiger charge is 2.36. The lowest BCUT2D eigenvalue weighted by Crippen LogP contribution is -2.36. The average molecular weight is 245 g/mol. The molecule has 0 bridgehead atoms. The van der Waals surface area contributed by atoms with E-state index in [1.807, 2.05) is 18.5 Å². The highest BCUT2D eigenvalue weighted by molar-refractivity contribution is 7.80. The third kappa shape index (κ3) is 1.92. The Morgan fingerprint density at radius 2 is 2.13 bits per heavy atom. The molecular weight excluding hydrogens is 228 g/mol. The maximum Gasteiger partial charge on any atom is 0.0844 e. The van der Waals surface area contributed by atoms with Gasteiger partial charge in [0.15, 0.2) is 0 Å². The van der Waals surface area contributed by atoms with Crippen LogP contribution in [0.2, 0.25) is 5.02 Å². The van der Waals surface area contributed by atoms with E-state index in [-0.39, 0.29) is 0 Å². The van der Waals surface area contributed by atoms with E-state index in [0.29, 0.717) is 5.41 Å². The maximum absolute atomic E-state index is 6.13. The molecule has 0 unspecified atom stereocenters. The molecule has 2 rings (SSSR count). The minimum Gasteiger partial charge on any atom is -0.267 e. The van der Waals surface area contributed by atoms with Gasteiger partial charge in [0.25, 0.3) is 0 Å². The van der Waals surface area contributed by atoms with Crippen molar-refractivity contribution in [3.05, 3.63) is 16.4 Å². The van der Waals surface area contributed by atoms with Crippen LogP contribution >= 0.6 is 24.2 Å². The summed E-state index contributed by atoms with van der Waals surface area (Å²) >= 11 is 10.6.